The summed E-state index contributed by atoms with van der Waals surface area (Å²) in [5.41, 5.74) is 6.43. The van der Waals surface area contributed by atoms with Crippen LogP contribution in [0.4, 0.5) is 0 Å². The van der Waals surface area contributed by atoms with Gasteiger partial charge in [-0.3, -0.25) is 0 Å². The van der Waals surface area contributed by atoms with Gasteiger partial charge in [0.15, 0.2) is 0 Å². The van der Waals surface area contributed by atoms with E-state index in [-0.39, 0.29) is 0 Å². The second kappa shape index (κ2) is 2.75. The highest BCUT2D eigenvalue weighted by Gasteiger charge is 2.58. The Morgan fingerprint density at radius 2 is 1.93 bits per heavy atom. The van der Waals surface area contributed by atoms with E-state index in [1.54, 1.807) is 0 Å². The highest BCUT2D eigenvalue weighted by atomic mass is 14.7. The molecule has 4 aliphatic carbocycles. The third-order valence-electron chi connectivity index (χ3n) is 5.74. The predicted octanol–water partition coefficient (Wildman–Crippen LogP) is 2.65. The number of hydrogen-bond donors (Lipinski definition) is 1. The molecular formula is C13H23N. The fourth-order valence-electron chi connectivity index (χ4n) is 4.45. The zero-order valence-corrected chi connectivity index (χ0v) is 9.50. The molecule has 4 aliphatic rings. The number of hydrogen-bond acceptors (Lipinski definition) is 1. The van der Waals surface area contributed by atoms with Crippen LogP contribution in [0.25, 0.3) is 0 Å². The van der Waals surface area contributed by atoms with Gasteiger partial charge in [0.25, 0.3) is 0 Å². The molecule has 0 saturated heterocycles. The van der Waals surface area contributed by atoms with Gasteiger partial charge in [-0.25, -0.2) is 0 Å². The van der Waals surface area contributed by atoms with Crippen molar-refractivity contribution in [2.75, 3.05) is 6.54 Å². The number of rotatable bonds is 2. The van der Waals surface area contributed by atoms with Crippen LogP contribution in [0.3, 0.4) is 0 Å². The topological polar surface area (TPSA) is 26.0 Å². The van der Waals surface area contributed by atoms with Crippen molar-refractivity contribution in [3.8, 4) is 0 Å². The highest BCUT2D eigenvalue weighted by Crippen LogP contribution is 2.66. The average molecular weight is 193 g/mol. The Kier molecular flexibility index (Phi) is 1.81. The van der Waals surface area contributed by atoms with Crippen LogP contribution in [0.2, 0.25) is 0 Å². The van der Waals surface area contributed by atoms with E-state index >= 15 is 0 Å². The van der Waals surface area contributed by atoms with Crippen molar-refractivity contribution in [3.63, 3.8) is 0 Å². The molecular weight excluding hydrogens is 170 g/mol. The molecule has 14 heavy (non-hydrogen) atoms. The lowest BCUT2D eigenvalue weighted by Gasteiger charge is -2.60. The second-order valence-corrected chi connectivity index (χ2v) is 6.50. The van der Waals surface area contributed by atoms with E-state index in [9.17, 15) is 0 Å². The normalized spacial score (nSPS) is 53.8. The first-order valence-corrected chi connectivity index (χ1v) is 6.34. The van der Waals surface area contributed by atoms with Crippen molar-refractivity contribution in [1.29, 1.82) is 0 Å². The summed E-state index contributed by atoms with van der Waals surface area (Å²) >= 11 is 0. The van der Waals surface area contributed by atoms with Gasteiger partial charge in [-0.05, 0) is 67.2 Å². The standard InChI is InChI=1S/C13H23N/c1-13(2)9-3-4-10(12(13)6-9)11-5-8(11)7-14/h8-12H,3-7,14H2,1-2H3/t8-,9-,10?,11+,12-/m0/s1. The predicted molar refractivity (Wildman–Crippen MR) is 58.8 cm³/mol. The van der Waals surface area contributed by atoms with Crippen LogP contribution in [0.5, 0.6) is 0 Å². The van der Waals surface area contributed by atoms with Gasteiger partial charge in [0.05, 0.1) is 0 Å². The van der Waals surface area contributed by atoms with Gasteiger partial charge in [0, 0.05) is 0 Å². The summed E-state index contributed by atoms with van der Waals surface area (Å²) in [5.74, 6) is 5.06. The molecule has 1 unspecified atom stereocenters. The summed E-state index contributed by atoms with van der Waals surface area (Å²) in [6, 6.07) is 0. The summed E-state index contributed by atoms with van der Waals surface area (Å²) in [4.78, 5) is 0. The smallest absolute Gasteiger partial charge is 0.00460 e. The van der Waals surface area contributed by atoms with Gasteiger partial charge in [-0.1, -0.05) is 13.8 Å². The zero-order chi connectivity index (χ0) is 9.92. The maximum atomic E-state index is 5.76. The molecule has 2 bridgehead atoms. The largest absolute Gasteiger partial charge is 0.330 e. The summed E-state index contributed by atoms with van der Waals surface area (Å²) in [7, 11) is 0. The molecule has 80 valence electrons. The maximum absolute atomic E-state index is 5.76. The molecule has 1 heteroatoms. The highest BCUT2D eigenvalue weighted by molar-refractivity contribution is 5.08. The van der Waals surface area contributed by atoms with Gasteiger partial charge in [-0.15, -0.1) is 0 Å². The molecule has 0 heterocycles. The monoisotopic (exact) mass is 193 g/mol. The maximum Gasteiger partial charge on any atom is -0.00460 e. The molecule has 4 fully saturated rings. The fraction of sp³-hybridized carbons (Fsp3) is 1.00. The molecule has 4 rings (SSSR count). The minimum Gasteiger partial charge on any atom is -0.330 e. The summed E-state index contributed by atoms with van der Waals surface area (Å²) in [5, 5.41) is 0. The lowest BCUT2D eigenvalue weighted by molar-refractivity contribution is -0.112. The number of fused-ring (bicyclic) bond motifs is 2. The zero-order valence-electron chi connectivity index (χ0n) is 9.50. The quantitative estimate of drug-likeness (QED) is 0.717. The Balaban J connectivity index is 1.71. The summed E-state index contributed by atoms with van der Waals surface area (Å²) in [6.45, 7) is 5.94. The minimum atomic E-state index is 0.671. The Bertz CT molecular complexity index is 244. The van der Waals surface area contributed by atoms with Crippen LogP contribution in [-0.4, -0.2) is 6.54 Å². The van der Waals surface area contributed by atoms with Crippen molar-refractivity contribution in [1.82, 2.24) is 0 Å². The third kappa shape index (κ3) is 1.05. The molecule has 0 aromatic rings. The van der Waals surface area contributed by atoms with Crippen LogP contribution >= 0.6 is 0 Å². The van der Waals surface area contributed by atoms with E-state index in [1.165, 1.54) is 25.7 Å². The van der Waals surface area contributed by atoms with E-state index < -0.39 is 0 Å². The van der Waals surface area contributed by atoms with E-state index in [1.807, 2.05) is 0 Å². The molecule has 4 saturated carbocycles. The van der Waals surface area contributed by atoms with E-state index in [0.717, 1.165) is 36.1 Å². The first-order chi connectivity index (χ1) is 6.64. The van der Waals surface area contributed by atoms with Crippen molar-refractivity contribution in [2.45, 2.75) is 39.5 Å². The van der Waals surface area contributed by atoms with Crippen molar-refractivity contribution < 1.29 is 0 Å². The Morgan fingerprint density at radius 1 is 1.14 bits per heavy atom. The fourth-order valence-corrected chi connectivity index (χ4v) is 4.45. The molecule has 1 nitrogen and oxygen atoms in total. The van der Waals surface area contributed by atoms with Crippen molar-refractivity contribution >= 4 is 0 Å². The summed E-state index contributed by atoms with van der Waals surface area (Å²) in [6.07, 6.45) is 5.99. The average Bonchev–Trinajstić information content (AvgIpc) is 2.96. The van der Waals surface area contributed by atoms with Gasteiger partial charge in [0.1, 0.15) is 0 Å². The van der Waals surface area contributed by atoms with Crippen molar-refractivity contribution in [2.24, 2.45) is 40.7 Å². The van der Waals surface area contributed by atoms with Crippen LogP contribution < -0.4 is 5.73 Å². The SMILES string of the molecule is CC1(C)[C@H]2CCC([C@@H]3C[C@H]3CN)[C@@H]1C2. The van der Waals surface area contributed by atoms with E-state index in [0.29, 0.717) is 5.41 Å². The van der Waals surface area contributed by atoms with E-state index in [2.05, 4.69) is 13.8 Å². The first-order valence-electron chi connectivity index (χ1n) is 6.34. The second-order valence-electron chi connectivity index (χ2n) is 6.50. The number of nitrogens with two attached hydrogens (primary N) is 1. The lowest BCUT2D eigenvalue weighted by Crippen LogP contribution is -2.53. The van der Waals surface area contributed by atoms with Crippen LogP contribution in [0, 0.1) is 35.0 Å². The van der Waals surface area contributed by atoms with Gasteiger partial charge < -0.3 is 5.73 Å². The first kappa shape index (κ1) is 9.21. The van der Waals surface area contributed by atoms with Crippen LogP contribution in [0.15, 0.2) is 0 Å². The molecule has 0 aromatic carbocycles. The minimum absolute atomic E-state index is 0.671. The van der Waals surface area contributed by atoms with Gasteiger partial charge >= 0.3 is 0 Å². The molecule has 5 atom stereocenters. The van der Waals surface area contributed by atoms with E-state index in [4.69, 9.17) is 5.73 Å². The molecule has 0 radical (unpaired) electrons. The van der Waals surface area contributed by atoms with Crippen LogP contribution in [-0.2, 0) is 0 Å². The lowest BCUT2D eigenvalue weighted by atomic mass is 9.45. The van der Waals surface area contributed by atoms with Crippen LogP contribution in [0.1, 0.15) is 39.5 Å². The molecule has 0 amide bonds. The third-order valence-corrected chi connectivity index (χ3v) is 5.74. The Labute approximate surface area is 87.4 Å². The Morgan fingerprint density at radius 3 is 2.43 bits per heavy atom. The molecule has 0 aliphatic heterocycles. The molecule has 0 aromatic heterocycles. The molecule has 2 N–H and O–H groups in total. The summed E-state index contributed by atoms with van der Waals surface area (Å²) < 4.78 is 0. The Hall–Kier alpha value is -0.0400. The van der Waals surface area contributed by atoms with Crippen molar-refractivity contribution in [3.05, 3.63) is 0 Å². The van der Waals surface area contributed by atoms with Gasteiger partial charge in [0.2, 0.25) is 0 Å². The molecule has 0 spiro atoms. The van der Waals surface area contributed by atoms with Gasteiger partial charge in [-0.2, -0.15) is 0 Å².